The average Bonchev–Trinajstić information content (AvgIpc) is 3.02. The van der Waals surface area contributed by atoms with E-state index in [4.69, 9.17) is 13.7 Å². The minimum atomic E-state index is -0.811. The lowest BCUT2D eigenvalue weighted by molar-refractivity contribution is -0.660. The Balaban J connectivity index is 2.16. The largest absolute Gasteiger partial charge is 0.455 e. The van der Waals surface area contributed by atoms with Crippen LogP contribution in [0.15, 0.2) is 47.0 Å². The number of hydrogen-bond donors (Lipinski definition) is 0. The molecule has 2 aromatic heterocycles. The third-order valence-electron chi connectivity index (χ3n) is 5.15. The van der Waals surface area contributed by atoms with Crippen LogP contribution in [0.5, 0.6) is 0 Å². The van der Waals surface area contributed by atoms with E-state index >= 15 is 0 Å². The fourth-order valence-electron chi connectivity index (χ4n) is 3.74. The lowest BCUT2D eigenvalue weighted by Crippen LogP contribution is -2.31. The molecule has 0 N–H and O–H groups in total. The summed E-state index contributed by atoms with van der Waals surface area (Å²) in [5.74, 6) is -0.811. The Morgan fingerprint density at radius 2 is 1.93 bits per heavy atom. The van der Waals surface area contributed by atoms with Crippen molar-refractivity contribution in [3.05, 3.63) is 70.7 Å². The maximum atomic E-state index is 8.44. The van der Waals surface area contributed by atoms with Gasteiger partial charge in [-0.1, -0.05) is 26.0 Å². The van der Waals surface area contributed by atoms with Crippen LogP contribution in [0.4, 0.5) is 5.69 Å². The van der Waals surface area contributed by atoms with Crippen LogP contribution < -0.4 is 4.57 Å². The molecule has 2 aromatic carbocycles. The summed E-state index contributed by atoms with van der Waals surface area (Å²) in [7, 11) is 1.86. The predicted octanol–water partition coefficient (Wildman–Crippen LogP) is 6.37. The van der Waals surface area contributed by atoms with Crippen molar-refractivity contribution in [1.29, 1.82) is 0 Å². The van der Waals surface area contributed by atoms with E-state index in [1.165, 1.54) is 0 Å². The molecule has 0 spiro atoms. The van der Waals surface area contributed by atoms with Crippen LogP contribution in [0.2, 0.25) is 0 Å². The zero-order valence-electron chi connectivity index (χ0n) is 18.3. The van der Waals surface area contributed by atoms with Crippen molar-refractivity contribution >= 4 is 27.6 Å². The Kier molecular flexibility index (Phi) is 3.47. The molecule has 0 aliphatic heterocycles. The van der Waals surface area contributed by atoms with Crippen LogP contribution in [0, 0.1) is 20.4 Å². The fraction of sp³-hybridized carbons (Fsp3) is 0.250. The van der Waals surface area contributed by atoms with E-state index in [0.717, 1.165) is 49.9 Å². The summed E-state index contributed by atoms with van der Waals surface area (Å²) in [5.41, 5.74) is 6.78. The van der Waals surface area contributed by atoms with Crippen molar-refractivity contribution in [2.45, 2.75) is 33.6 Å². The quantitative estimate of drug-likeness (QED) is 0.302. The zero-order chi connectivity index (χ0) is 21.1. The first kappa shape index (κ1) is 15.0. The Morgan fingerprint density at radius 3 is 2.63 bits per heavy atom. The van der Waals surface area contributed by atoms with Gasteiger partial charge in [0.05, 0.1) is 12.1 Å². The second-order valence-corrected chi connectivity index (χ2v) is 7.30. The van der Waals surface area contributed by atoms with Crippen molar-refractivity contribution < 1.29 is 11.7 Å². The van der Waals surface area contributed by atoms with Crippen LogP contribution in [-0.2, 0) is 7.05 Å². The molecule has 0 radical (unpaired) electrons. The second kappa shape index (κ2) is 6.25. The molecule has 2 heterocycles. The van der Waals surface area contributed by atoms with E-state index in [1.54, 1.807) is 12.1 Å². The van der Waals surface area contributed by atoms with Gasteiger partial charge in [0.2, 0.25) is 5.69 Å². The number of nitrogens with zero attached hydrogens (tertiary/aromatic N) is 2. The van der Waals surface area contributed by atoms with E-state index in [9.17, 15) is 0 Å². The Bertz CT molecular complexity index is 1340. The van der Waals surface area contributed by atoms with Gasteiger partial charge in [0, 0.05) is 24.3 Å². The summed E-state index contributed by atoms with van der Waals surface area (Å²) in [6, 6.07) is 11.3. The van der Waals surface area contributed by atoms with E-state index in [1.807, 2.05) is 50.6 Å². The summed E-state index contributed by atoms with van der Waals surface area (Å²) in [5, 5.41) is 1.92. The average molecular weight is 357 g/mol. The minimum Gasteiger partial charge on any atom is -0.455 e. The smallest absolute Gasteiger partial charge is 0.216 e. The molecule has 0 aliphatic carbocycles. The molecule has 0 saturated carbocycles. The van der Waals surface area contributed by atoms with Crippen molar-refractivity contribution in [2.75, 3.05) is 0 Å². The number of aromatic nitrogens is 1. The highest BCUT2D eigenvalue weighted by molar-refractivity contribution is 6.12. The van der Waals surface area contributed by atoms with Gasteiger partial charge in [0.15, 0.2) is 11.9 Å². The molecule has 0 atom stereocenters. The van der Waals surface area contributed by atoms with Crippen LogP contribution in [0.25, 0.3) is 38.0 Å². The van der Waals surface area contributed by atoms with Crippen LogP contribution in [0.3, 0.4) is 0 Å². The maximum Gasteiger partial charge on any atom is 0.216 e. The number of furan rings is 1. The molecule has 27 heavy (non-hydrogen) atoms. The molecule has 4 aromatic rings. The van der Waals surface area contributed by atoms with E-state index in [0.29, 0.717) is 11.9 Å². The van der Waals surface area contributed by atoms with Gasteiger partial charge in [0.1, 0.15) is 19.6 Å². The van der Waals surface area contributed by atoms with Gasteiger partial charge in [-0.2, -0.15) is 0 Å². The normalized spacial score (nSPS) is 12.9. The fourth-order valence-corrected chi connectivity index (χ4v) is 3.74. The van der Waals surface area contributed by atoms with Crippen LogP contribution >= 0.6 is 0 Å². The van der Waals surface area contributed by atoms with Crippen LogP contribution in [0.1, 0.15) is 39.2 Å². The lowest BCUT2D eigenvalue weighted by atomic mass is 9.95. The van der Waals surface area contributed by atoms with Gasteiger partial charge in [-0.25, -0.2) is 9.41 Å². The first-order valence-electron chi connectivity index (χ1n) is 9.97. The monoisotopic (exact) mass is 357 g/mol. The standard InChI is InChI=1S/C24H23N2O/c1-14(2)17-9-10-26(6)20(12-17)23-16(4)11-15(3)22-19-13-18(25-5)7-8-21(19)27-24(22)23/h7-14H,1-4,6H3/q+1/i10D,14D. The number of hydrogen-bond acceptors (Lipinski definition) is 1. The molecule has 0 unspecified atom stereocenters. The molecule has 0 aliphatic rings. The number of rotatable bonds is 2. The number of benzene rings is 2. The van der Waals surface area contributed by atoms with Gasteiger partial charge in [-0.05, 0) is 48.6 Å². The number of pyridine rings is 1. The second-order valence-electron chi connectivity index (χ2n) is 7.30. The van der Waals surface area contributed by atoms with Crippen LogP contribution in [-0.4, -0.2) is 0 Å². The van der Waals surface area contributed by atoms with E-state index in [-0.39, 0.29) is 0 Å². The highest BCUT2D eigenvalue weighted by atomic mass is 16.3. The highest BCUT2D eigenvalue weighted by Crippen LogP contribution is 2.40. The summed E-state index contributed by atoms with van der Waals surface area (Å²) in [6.07, 6.45) is 0.345. The molecule has 134 valence electrons. The van der Waals surface area contributed by atoms with Gasteiger partial charge in [-0.3, -0.25) is 0 Å². The summed E-state index contributed by atoms with van der Waals surface area (Å²) in [4.78, 5) is 3.56. The van der Waals surface area contributed by atoms with Crippen molar-refractivity contribution in [3.8, 4) is 11.3 Å². The maximum absolute atomic E-state index is 8.44. The highest BCUT2D eigenvalue weighted by Gasteiger charge is 2.23. The topological polar surface area (TPSA) is 21.4 Å². The van der Waals surface area contributed by atoms with Gasteiger partial charge < -0.3 is 4.42 Å². The molecule has 3 nitrogen and oxygen atoms in total. The zero-order valence-corrected chi connectivity index (χ0v) is 16.3. The summed E-state index contributed by atoms with van der Waals surface area (Å²) in [6.45, 7) is 15.1. The number of fused-ring (bicyclic) bond motifs is 3. The molecule has 0 saturated heterocycles. The Hall–Kier alpha value is -3.12. The number of aryl methyl sites for hydroxylation is 2. The van der Waals surface area contributed by atoms with Gasteiger partial charge in [-0.15, -0.1) is 0 Å². The minimum absolute atomic E-state index is 0.345. The third-order valence-corrected chi connectivity index (χ3v) is 5.15. The van der Waals surface area contributed by atoms with Crippen molar-refractivity contribution in [1.82, 2.24) is 0 Å². The lowest BCUT2D eigenvalue weighted by Gasteiger charge is -2.10. The first-order chi connectivity index (χ1) is 13.6. The molecular weight excluding hydrogens is 332 g/mol. The van der Waals surface area contributed by atoms with E-state index in [2.05, 4.69) is 17.8 Å². The van der Waals surface area contributed by atoms with E-state index < -0.39 is 5.89 Å². The summed E-state index contributed by atoms with van der Waals surface area (Å²) < 4.78 is 25.0. The molecular formula is C24H23N2O+. The first-order valence-corrected chi connectivity index (χ1v) is 8.97. The van der Waals surface area contributed by atoms with Gasteiger partial charge >= 0.3 is 0 Å². The SMILES string of the molecule is [2H]c1cc(C([2H])(C)C)cc(-c2c(C)cc(C)c3c2oc2ccc([N+]#[C-])cc23)[n+]1C. The third kappa shape index (κ3) is 2.69. The van der Waals surface area contributed by atoms with Crippen molar-refractivity contribution in [2.24, 2.45) is 7.05 Å². The molecule has 3 heteroatoms. The molecule has 4 rings (SSSR count). The Labute approximate surface area is 162 Å². The molecule has 0 bridgehead atoms. The Morgan fingerprint density at radius 1 is 1.15 bits per heavy atom. The van der Waals surface area contributed by atoms with Crippen molar-refractivity contribution in [3.63, 3.8) is 0 Å². The summed E-state index contributed by atoms with van der Waals surface area (Å²) >= 11 is 0. The predicted molar refractivity (Wildman–Crippen MR) is 110 cm³/mol. The molecule has 0 amide bonds. The van der Waals surface area contributed by atoms with Gasteiger partial charge in [0.25, 0.3) is 0 Å². The molecule has 0 fully saturated rings.